The molecule has 1 saturated heterocycles. The van der Waals surface area contributed by atoms with Crippen LogP contribution in [-0.4, -0.2) is 12.6 Å². The van der Waals surface area contributed by atoms with Gasteiger partial charge in [0.1, 0.15) is 5.76 Å². The van der Waals surface area contributed by atoms with Crippen molar-refractivity contribution in [2.45, 2.75) is 44.6 Å². The summed E-state index contributed by atoms with van der Waals surface area (Å²) in [5.74, 6) is 1.16. The van der Waals surface area contributed by atoms with Crippen molar-refractivity contribution in [3.8, 4) is 0 Å². The predicted octanol–water partition coefficient (Wildman–Crippen LogP) is 2.70. The van der Waals surface area contributed by atoms with Crippen molar-refractivity contribution in [3.63, 3.8) is 0 Å². The molecule has 78 valence electrons. The Morgan fingerprint density at radius 1 is 1.57 bits per heavy atom. The monoisotopic (exact) mass is 193 g/mol. The van der Waals surface area contributed by atoms with Crippen LogP contribution in [0.1, 0.15) is 38.9 Å². The van der Waals surface area contributed by atoms with Gasteiger partial charge in [0.15, 0.2) is 0 Å². The second-order valence-corrected chi connectivity index (χ2v) is 4.15. The van der Waals surface area contributed by atoms with Gasteiger partial charge < -0.3 is 9.73 Å². The van der Waals surface area contributed by atoms with Crippen LogP contribution in [0.5, 0.6) is 0 Å². The first-order valence-electron chi connectivity index (χ1n) is 5.61. The van der Waals surface area contributed by atoms with Crippen LogP contribution in [0.4, 0.5) is 0 Å². The molecule has 2 unspecified atom stereocenters. The Labute approximate surface area is 85.7 Å². The van der Waals surface area contributed by atoms with Crippen LogP contribution in [0.15, 0.2) is 22.8 Å². The number of rotatable bonds is 3. The Morgan fingerprint density at radius 3 is 3.00 bits per heavy atom. The average Bonchev–Trinajstić information content (AvgIpc) is 2.86. The minimum absolute atomic E-state index is 0.248. The third-order valence-corrected chi connectivity index (χ3v) is 3.68. The van der Waals surface area contributed by atoms with E-state index in [2.05, 4.69) is 25.2 Å². The van der Waals surface area contributed by atoms with Crippen molar-refractivity contribution >= 4 is 0 Å². The number of hydrogen-bond acceptors (Lipinski definition) is 2. The topological polar surface area (TPSA) is 25.2 Å². The van der Waals surface area contributed by atoms with E-state index < -0.39 is 0 Å². The second-order valence-electron chi connectivity index (χ2n) is 4.15. The minimum Gasteiger partial charge on any atom is -0.469 e. The molecule has 1 aliphatic rings. The summed E-state index contributed by atoms with van der Waals surface area (Å²) >= 11 is 0. The van der Waals surface area contributed by atoms with Crippen molar-refractivity contribution in [2.75, 3.05) is 6.54 Å². The van der Waals surface area contributed by atoms with Crippen molar-refractivity contribution in [3.05, 3.63) is 24.2 Å². The highest BCUT2D eigenvalue weighted by molar-refractivity contribution is 5.20. The Morgan fingerprint density at radius 2 is 2.43 bits per heavy atom. The lowest BCUT2D eigenvalue weighted by Crippen LogP contribution is -2.39. The van der Waals surface area contributed by atoms with Gasteiger partial charge in [0.2, 0.25) is 0 Å². The van der Waals surface area contributed by atoms with Crippen LogP contribution in [0, 0.1) is 0 Å². The molecule has 1 aromatic heterocycles. The highest BCUT2D eigenvalue weighted by atomic mass is 16.3. The predicted molar refractivity (Wildman–Crippen MR) is 57.4 cm³/mol. The van der Waals surface area contributed by atoms with Gasteiger partial charge in [-0.15, -0.1) is 0 Å². The maximum atomic E-state index is 5.60. The number of hydrogen-bond donors (Lipinski definition) is 1. The van der Waals surface area contributed by atoms with Gasteiger partial charge in [-0.3, -0.25) is 0 Å². The molecule has 0 aliphatic carbocycles. The first kappa shape index (κ1) is 9.78. The Kier molecular flexibility index (Phi) is 2.64. The Hall–Kier alpha value is -0.760. The van der Waals surface area contributed by atoms with Crippen molar-refractivity contribution in [1.82, 2.24) is 5.32 Å². The molecule has 2 rings (SSSR count). The van der Waals surface area contributed by atoms with Gasteiger partial charge >= 0.3 is 0 Å². The summed E-state index contributed by atoms with van der Waals surface area (Å²) < 4.78 is 5.60. The minimum atomic E-state index is 0.248. The van der Waals surface area contributed by atoms with Crippen LogP contribution >= 0.6 is 0 Å². The molecule has 0 aromatic carbocycles. The van der Waals surface area contributed by atoms with Crippen LogP contribution in [0.3, 0.4) is 0 Å². The van der Waals surface area contributed by atoms with E-state index in [4.69, 9.17) is 4.42 Å². The van der Waals surface area contributed by atoms with Gasteiger partial charge in [-0.2, -0.15) is 0 Å². The van der Waals surface area contributed by atoms with Gasteiger partial charge in [0.25, 0.3) is 0 Å². The lowest BCUT2D eigenvalue weighted by atomic mass is 9.75. The van der Waals surface area contributed by atoms with E-state index in [0.29, 0.717) is 6.04 Å². The summed E-state index contributed by atoms with van der Waals surface area (Å²) in [7, 11) is 0. The lowest BCUT2D eigenvalue weighted by molar-refractivity contribution is 0.283. The summed E-state index contributed by atoms with van der Waals surface area (Å²) in [6.45, 7) is 5.63. The zero-order valence-corrected chi connectivity index (χ0v) is 9.05. The van der Waals surface area contributed by atoms with E-state index in [1.54, 1.807) is 6.26 Å². The molecule has 0 bridgehead atoms. The summed E-state index contributed by atoms with van der Waals surface area (Å²) in [4.78, 5) is 0. The maximum absolute atomic E-state index is 5.60. The van der Waals surface area contributed by atoms with Crippen LogP contribution in [0.25, 0.3) is 0 Å². The first-order chi connectivity index (χ1) is 6.83. The molecular formula is C12H19NO. The largest absolute Gasteiger partial charge is 0.469 e. The molecule has 0 spiro atoms. The Balaban J connectivity index is 2.33. The van der Waals surface area contributed by atoms with Gasteiger partial charge in [0.05, 0.1) is 6.26 Å². The molecule has 2 heteroatoms. The van der Waals surface area contributed by atoms with Crippen LogP contribution < -0.4 is 5.32 Å². The van der Waals surface area contributed by atoms with Crippen LogP contribution in [-0.2, 0) is 5.41 Å². The Bertz CT molecular complexity index is 281. The third-order valence-electron chi connectivity index (χ3n) is 3.68. The quantitative estimate of drug-likeness (QED) is 0.798. The van der Waals surface area contributed by atoms with Gasteiger partial charge in [-0.25, -0.2) is 0 Å². The average molecular weight is 193 g/mol. The summed E-state index contributed by atoms with van der Waals surface area (Å²) in [5.41, 5.74) is 0.248. The molecule has 1 fully saturated rings. The fourth-order valence-corrected chi connectivity index (χ4v) is 2.83. The number of nitrogens with one attached hydrogen (secondary N) is 1. The van der Waals surface area contributed by atoms with Crippen molar-refractivity contribution in [2.24, 2.45) is 0 Å². The second kappa shape index (κ2) is 3.77. The van der Waals surface area contributed by atoms with Crippen molar-refractivity contribution in [1.29, 1.82) is 0 Å². The molecule has 2 heterocycles. The van der Waals surface area contributed by atoms with E-state index in [0.717, 1.165) is 18.7 Å². The molecule has 2 nitrogen and oxygen atoms in total. The third kappa shape index (κ3) is 1.29. The summed E-state index contributed by atoms with van der Waals surface area (Å²) in [6.07, 6.45) is 5.33. The normalized spacial score (nSPS) is 32.3. The molecule has 1 N–H and O–H groups in total. The highest BCUT2D eigenvalue weighted by Crippen LogP contribution is 2.39. The van der Waals surface area contributed by atoms with Gasteiger partial charge in [-0.05, 0) is 37.9 Å². The van der Waals surface area contributed by atoms with E-state index >= 15 is 0 Å². The first-order valence-corrected chi connectivity index (χ1v) is 5.61. The summed E-state index contributed by atoms with van der Waals surface area (Å²) in [5, 5.41) is 3.58. The lowest BCUT2D eigenvalue weighted by Gasteiger charge is -2.31. The standard InChI is InChI=1S/C12H19NO/c1-3-10-12(4-2,7-8-13-10)11-6-5-9-14-11/h5-6,9-10,13H,3-4,7-8H2,1-2H3. The molecule has 0 amide bonds. The van der Waals surface area contributed by atoms with E-state index in [-0.39, 0.29) is 5.41 Å². The van der Waals surface area contributed by atoms with Crippen molar-refractivity contribution < 1.29 is 4.42 Å². The zero-order valence-electron chi connectivity index (χ0n) is 9.05. The van der Waals surface area contributed by atoms with Crippen LogP contribution in [0.2, 0.25) is 0 Å². The molecule has 1 aromatic rings. The fraction of sp³-hybridized carbons (Fsp3) is 0.667. The molecule has 1 aliphatic heterocycles. The highest BCUT2D eigenvalue weighted by Gasteiger charge is 2.43. The molecule has 0 radical (unpaired) electrons. The zero-order chi connectivity index (χ0) is 10.0. The smallest absolute Gasteiger partial charge is 0.111 e. The molecular weight excluding hydrogens is 174 g/mol. The van der Waals surface area contributed by atoms with Gasteiger partial charge in [-0.1, -0.05) is 13.8 Å². The molecule has 0 saturated carbocycles. The van der Waals surface area contributed by atoms with Gasteiger partial charge in [0, 0.05) is 11.5 Å². The number of furan rings is 1. The fourth-order valence-electron chi connectivity index (χ4n) is 2.83. The van der Waals surface area contributed by atoms with E-state index in [9.17, 15) is 0 Å². The molecule has 2 atom stereocenters. The maximum Gasteiger partial charge on any atom is 0.111 e. The summed E-state index contributed by atoms with van der Waals surface area (Å²) in [6, 6.07) is 4.70. The van der Waals surface area contributed by atoms with E-state index in [1.807, 2.05) is 6.07 Å². The van der Waals surface area contributed by atoms with E-state index in [1.165, 1.54) is 12.8 Å². The SMILES string of the molecule is CCC1NCCC1(CC)c1ccco1. The molecule has 14 heavy (non-hydrogen) atoms.